The Morgan fingerprint density at radius 2 is 1.58 bits per heavy atom. The zero-order chi connectivity index (χ0) is 22.8. The number of rotatable bonds is 7. The maximum absolute atomic E-state index is 10.6. The van der Waals surface area contributed by atoms with Crippen molar-refractivity contribution in [2.75, 3.05) is 16.8 Å². The van der Waals surface area contributed by atoms with Gasteiger partial charge in [0.15, 0.2) is 0 Å². The summed E-state index contributed by atoms with van der Waals surface area (Å²) in [6.45, 7) is 0. The smallest absolute Gasteiger partial charge is 0.227 e. The standard InChI is InChI=1S/C24H27N5O3S/c25-23-27-20(28-24(29-23)26-16-10-14-6-4-5-7-15(14)11-16)12-18-21(30)22(31)19(32-18)13-33-17-8-2-1-3-9-17/h1-9,16,18-19,21-22,30-31H,10-13H2,(H3,25,26,27,28,29)/t18?,19-,21+,22-/m1/s1. The van der Waals surface area contributed by atoms with Gasteiger partial charge >= 0.3 is 0 Å². The van der Waals surface area contributed by atoms with Crippen LogP contribution in [0.1, 0.15) is 17.0 Å². The fraction of sp³-hybridized carbons (Fsp3) is 0.375. The Labute approximate surface area is 196 Å². The number of ether oxygens (including phenoxy) is 1. The van der Waals surface area contributed by atoms with Crippen LogP contribution in [0.25, 0.3) is 0 Å². The third-order valence-electron chi connectivity index (χ3n) is 6.09. The van der Waals surface area contributed by atoms with Crippen LogP contribution < -0.4 is 11.1 Å². The number of aliphatic hydroxyl groups is 2. The minimum Gasteiger partial charge on any atom is -0.388 e. The highest BCUT2D eigenvalue weighted by molar-refractivity contribution is 7.99. The van der Waals surface area contributed by atoms with Gasteiger partial charge in [0.25, 0.3) is 0 Å². The number of nitrogens with two attached hydrogens (primary N) is 1. The largest absolute Gasteiger partial charge is 0.388 e. The van der Waals surface area contributed by atoms with Crippen molar-refractivity contribution in [1.29, 1.82) is 0 Å². The fourth-order valence-electron chi connectivity index (χ4n) is 4.44. The number of hydrogen-bond acceptors (Lipinski definition) is 9. The van der Waals surface area contributed by atoms with Crippen molar-refractivity contribution >= 4 is 23.7 Å². The third kappa shape index (κ3) is 5.11. The first-order valence-electron chi connectivity index (χ1n) is 11.1. The number of nitrogens with zero attached hydrogens (tertiary/aromatic N) is 3. The van der Waals surface area contributed by atoms with E-state index >= 15 is 0 Å². The van der Waals surface area contributed by atoms with Crippen LogP contribution in [0.15, 0.2) is 59.5 Å². The number of fused-ring (bicyclic) bond motifs is 1. The van der Waals surface area contributed by atoms with E-state index in [0.29, 0.717) is 17.5 Å². The van der Waals surface area contributed by atoms with Crippen LogP contribution in [-0.2, 0) is 24.0 Å². The number of thioether (sulfide) groups is 1. The van der Waals surface area contributed by atoms with E-state index in [1.54, 1.807) is 11.8 Å². The lowest BCUT2D eigenvalue weighted by Gasteiger charge is -2.16. The molecule has 4 atom stereocenters. The summed E-state index contributed by atoms with van der Waals surface area (Å²) in [5.41, 5.74) is 8.59. The first-order chi connectivity index (χ1) is 16.0. The summed E-state index contributed by atoms with van der Waals surface area (Å²) in [5.74, 6) is 1.49. The van der Waals surface area contributed by atoms with Crippen molar-refractivity contribution in [1.82, 2.24) is 15.0 Å². The van der Waals surface area contributed by atoms with Crippen LogP contribution in [0.5, 0.6) is 0 Å². The van der Waals surface area contributed by atoms with Crippen molar-refractivity contribution in [2.45, 2.75) is 54.6 Å². The molecule has 1 saturated heterocycles. The number of benzene rings is 2. The molecular formula is C24H27N5O3S. The Morgan fingerprint density at radius 1 is 0.909 bits per heavy atom. The molecule has 1 aliphatic heterocycles. The zero-order valence-electron chi connectivity index (χ0n) is 18.0. The van der Waals surface area contributed by atoms with E-state index in [1.165, 1.54) is 11.1 Å². The first kappa shape index (κ1) is 22.1. The van der Waals surface area contributed by atoms with Gasteiger partial charge in [0.1, 0.15) is 18.0 Å². The summed E-state index contributed by atoms with van der Waals surface area (Å²) in [5, 5.41) is 24.4. The van der Waals surface area contributed by atoms with Crippen molar-refractivity contribution < 1.29 is 14.9 Å². The number of aliphatic hydroxyl groups excluding tert-OH is 2. The molecule has 0 bridgehead atoms. The zero-order valence-corrected chi connectivity index (χ0v) is 18.9. The lowest BCUT2D eigenvalue weighted by molar-refractivity contribution is 0.0171. The van der Waals surface area contributed by atoms with Crippen molar-refractivity contribution in [3.05, 3.63) is 71.5 Å². The van der Waals surface area contributed by atoms with E-state index in [4.69, 9.17) is 10.5 Å². The van der Waals surface area contributed by atoms with Gasteiger partial charge in [0.05, 0.1) is 12.2 Å². The lowest BCUT2D eigenvalue weighted by Crippen LogP contribution is -2.34. The van der Waals surface area contributed by atoms with Gasteiger partial charge in [-0.25, -0.2) is 0 Å². The van der Waals surface area contributed by atoms with Crippen LogP contribution >= 0.6 is 11.8 Å². The molecule has 2 aliphatic rings. The van der Waals surface area contributed by atoms with Gasteiger partial charge in [-0.3, -0.25) is 0 Å². The highest BCUT2D eigenvalue weighted by Gasteiger charge is 2.42. The van der Waals surface area contributed by atoms with E-state index in [9.17, 15) is 10.2 Å². The van der Waals surface area contributed by atoms with Crippen molar-refractivity contribution in [2.24, 2.45) is 0 Å². The molecule has 1 aromatic heterocycles. The second-order valence-corrected chi connectivity index (χ2v) is 9.57. The van der Waals surface area contributed by atoms with E-state index < -0.39 is 24.4 Å². The molecule has 5 rings (SSSR count). The summed E-state index contributed by atoms with van der Waals surface area (Å²) in [7, 11) is 0. The summed E-state index contributed by atoms with van der Waals surface area (Å²) in [6, 6.07) is 18.5. The molecule has 5 N–H and O–H groups in total. The SMILES string of the molecule is Nc1nc(CC2O[C@H](CSc3ccccc3)[C@@H](O)[C@H]2O)nc(NC2Cc3ccccc3C2)n1. The fourth-order valence-corrected chi connectivity index (χ4v) is 5.43. The Hall–Kier alpha value is -2.72. The Kier molecular flexibility index (Phi) is 6.45. The predicted molar refractivity (Wildman–Crippen MR) is 127 cm³/mol. The Morgan fingerprint density at radius 3 is 2.30 bits per heavy atom. The molecule has 3 aromatic rings. The van der Waals surface area contributed by atoms with Crippen LogP contribution in [0, 0.1) is 0 Å². The van der Waals surface area contributed by atoms with Gasteiger partial charge in [-0.05, 0) is 36.1 Å². The minimum absolute atomic E-state index is 0.113. The third-order valence-corrected chi connectivity index (χ3v) is 7.19. The quantitative estimate of drug-likeness (QED) is 0.387. The van der Waals surface area contributed by atoms with E-state index in [2.05, 4.69) is 32.4 Å². The number of nitrogen functional groups attached to an aromatic ring is 1. The minimum atomic E-state index is -1.02. The van der Waals surface area contributed by atoms with Crippen LogP contribution in [0.4, 0.5) is 11.9 Å². The number of anilines is 2. The maximum atomic E-state index is 10.6. The second-order valence-electron chi connectivity index (χ2n) is 8.47. The molecule has 33 heavy (non-hydrogen) atoms. The predicted octanol–water partition coefficient (Wildman–Crippen LogP) is 1.86. The molecular weight excluding hydrogens is 438 g/mol. The molecule has 0 radical (unpaired) electrons. The molecule has 8 nitrogen and oxygen atoms in total. The summed E-state index contributed by atoms with van der Waals surface area (Å²) in [6.07, 6.45) is -1.07. The summed E-state index contributed by atoms with van der Waals surface area (Å²) < 4.78 is 5.98. The van der Waals surface area contributed by atoms with E-state index in [0.717, 1.165) is 17.7 Å². The molecule has 9 heteroatoms. The van der Waals surface area contributed by atoms with Crippen LogP contribution in [0.2, 0.25) is 0 Å². The normalized spacial score (nSPS) is 24.7. The Balaban J connectivity index is 1.21. The summed E-state index contributed by atoms with van der Waals surface area (Å²) in [4.78, 5) is 14.1. The monoisotopic (exact) mass is 465 g/mol. The molecule has 1 aliphatic carbocycles. The molecule has 2 aromatic carbocycles. The van der Waals surface area contributed by atoms with Gasteiger partial charge in [0.2, 0.25) is 11.9 Å². The average molecular weight is 466 g/mol. The van der Waals surface area contributed by atoms with E-state index in [1.807, 2.05) is 42.5 Å². The highest BCUT2D eigenvalue weighted by Crippen LogP contribution is 2.29. The lowest BCUT2D eigenvalue weighted by atomic mass is 10.1. The van der Waals surface area contributed by atoms with E-state index in [-0.39, 0.29) is 18.4 Å². The number of hydrogen-bond donors (Lipinski definition) is 4. The summed E-state index contributed by atoms with van der Waals surface area (Å²) >= 11 is 1.58. The average Bonchev–Trinajstić information content (AvgIpc) is 3.33. The van der Waals surface area contributed by atoms with Crippen LogP contribution in [-0.4, -0.2) is 61.4 Å². The van der Waals surface area contributed by atoms with Gasteiger partial charge in [-0.1, -0.05) is 42.5 Å². The molecule has 2 heterocycles. The molecule has 1 unspecified atom stereocenters. The number of aromatic nitrogens is 3. The van der Waals surface area contributed by atoms with Gasteiger partial charge in [0, 0.05) is 23.1 Å². The second kappa shape index (κ2) is 9.64. The van der Waals surface area contributed by atoms with Gasteiger partial charge < -0.3 is 26.0 Å². The Bertz CT molecular complexity index is 1080. The molecule has 0 spiro atoms. The van der Waals surface area contributed by atoms with Crippen molar-refractivity contribution in [3.8, 4) is 0 Å². The molecule has 1 fully saturated rings. The first-order valence-corrected chi connectivity index (χ1v) is 12.1. The van der Waals surface area contributed by atoms with Gasteiger partial charge in [-0.2, -0.15) is 15.0 Å². The molecule has 0 saturated carbocycles. The maximum Gasteiger partial charge on any atom is 0.227 e. The topological polar surface area (TPSA) is 126 Å². The highest BCUT2D eigenvalue weighted by atomic mass is 32.2. The van der Waals surface area contributed by atoms with Crippen LogP contribution in [0.3, 0.4) is 0 Å². The molecule has 0 amide bonds. The molecule has 172 valence electrons. The van der Waals surface area contributed by atoms with Gasteiger partial charge in [-0.15, -0.1) is 11.8 Å². The number of nitrogens with one attached hydrogen (secondary N) is 1. The van der Waals surface area contributed by atoms with Crippen molar-refractivity contribution in [3.63, 3.8) is 0 Å².